The molecule has 0 N–H and O–H groups in total. The SMILES string of the molecule is O=C(OCCCc1nc(-c2cccnc2)no1)c1cc(Cl)nc2ccccc12. The van der Waals surface area contributed by atoms with Crippen molar-refractivity contribution >= 4 is 28.5 Å². The van der Waals surface area contributed by atoms with Crippen LogP contribution in [-0.2, 0) is 11.2 Å². The molecule has 0 aliphatic heterocycles. The number of aryl methyl sites for hydroxylation is 1. The molecule has 0 aliphatic rings. The molecule has 140 valence electrons. The molecular formula is C20H15ClN4O3. The zero-order valence-corrected chi connectivity index (χ0v) is 15.5. The van der Waals surface area contributed by atoms with Gasteiger partial charge in [0.1, 0.15) is 5.15 Å². The van der Waals surface area contributed by atoms with Crippen molar-refractivity contribution in [2.45, 2.75) is 12.8 Å². The van der Waals surface area contributed by atoms with E-state index in [1.807, 2.05) is 24.3 Å². The summed E-state index contributed by atoms with van der Waals surface area (Å²) in [5.41, 5.74) is 1.83. The molecule has 0 saturated heterocycles. The van der Waals surface area contributed by atoms with Gasteiger partial charge in [0, 0.05) is 29.8 Å². The number of carbonyl (C=O) groups is 1. The Morgan fingerprint density at radius 3 is 2.89 bits per heavy atom. The highest BCUT2D eigenvalue weighted by Crippen LogP contribution is 2.21. The normalized spacial score (nSPS) is 10.9. The molecule has 8 heteroatoms. The number of hydrogen-bond acceptors (Lipinski definition) is 7. The van der Waals surface area contributed by atoms with Crippen molar-refractivity contribution < 1.29 is 14.1 Å². The predicted octanol–water partition coefficient (Wildman–Crippen LogP) is 4.12. The van der Waals surface area contributed by atoms with Crippen LogP contribution in [0.4, 0.5) is 0 Å². The molecule has 0 amide bonds. The van der Waals surface area contributed by atoms with Crippen molar-refractivity contribution in [2.75, 3.05) is 6.61 Å². The Balaban J connectivity index is 1.35. The molecule has 0 spiro atoms. The lowest BCUT2D eigenvalue weighted by molar-refractivity contribution is 0.0500. The van der Waals surface area contributed by atoms with E-state index in [2.05, 4.69) is 20.1 Å². The number of ether oxygens (including phenoxy) is 1. The first-order chi connectivity index (χ1) is 13.7. The van der Waals surface area contributed by atoms with E-state index in [1.165, 1.54) is 6.07 Å². The number of aromatic nitrogens is 4. The number of hydrogen-bond donors (Lipinski definition) is 0. The lowest BCUT2D eigenvalue weighted by Gasteiger charge is -2.07. The van der Waals surface area contributed by atoms with Gasteiger partial charge >= 0.3 is 5.97 Å². The zero-order valence-electron chi connectivity index (χ0n) is 14.7. The standard InChI is InChI=1S/C20H15ClN4O3/c21-17-11-15(14-6-1-2-7-16(14)23-17)20(26)27-10-4-8-18-24-19(25-28-18)13-5-3-9-22-12-13/h1-3,5-7,9,11-12H,4,8,10H2. The highest BCUT2D eigenvalue weighted by atomic mass is 35.5. The van der Waals surface area contributed by atoms with Gasteiger partial charge in [-0.1, -0.05) is 35.0 Å². The Morgan fingerprint density at radius 1 is 1.14 bits per heavy atom. The number of carbonyl (C=O) groups excluding carboxylic acids is 1. The molecule has 4 rings (SSSR count). The van der Waals surface area contributed by atoms with Gasteiger partial charge < -0.3 is 9.26 Å². The van der Waals surface area contributed by atoms with E-state index >= 15 is 0 Å². The highest BCUT2D eigenvalue weighted by Gasteiger charge is 2.14. The van der Waals surface area contributed by atoms with Gasteiger partial charge in [0.15, 0.2) is 0 Å². The molecule has 1 aromatic carbocycles. The average molecular weight is 395 g/mol. The van der Waals surface area contributed by atoms with E-state index in [1.54, 1.807) is 24.5 Å². The van der Waals surface area contributed by atoms with Crippen molar-refractivity contribution in [3.8, 4) is 11.4 Å². The van der Waals surface area contributed by atoms with Gasteiger partial charge in [-0.2, -0.15) is 4.98 Å². The molecule has 28 heavy (non-hydrogen) atoms. The molecule has 3 aromatic heterocycles. The third kappa shape index (κ3) is 3.99. The summed E-state index contributed by atoms with van der Waals surface area (Å²) in [7, 11) is 0. The molecule has 0 unspecified atom stereocenters. The summed E-state index contributed by atoms with van der Waals surface area (Å²) in [6, 6.07) is 12.5. The van der Waals surface area contributed by atoms with E-state index in [0.29, 0.717) is 41.0 Å². The first-order valence-corrected chi connectivity index (χ1v) is 9.04. The number of para-hydroxylation sites is 1. The van der Waals surface area contributed by atoms with Crippen LogP contribution >= 0.6 is 11.6 Å². The molecule has 0 atom stereocenters. The third-order valence-corrected chi connectivity index (χ3v) is 4.25. The van der Waals surface area contributed by atoms with Crippen LogP contribution in [0, 0.1) is 0 Å². The zero-order chi connectivity index (χ0) is 19.3. The number of halogens is 1. The average Bonchev–Trinajstić information content (AvgIpc) is 3.20. The van der Waals surface area contributed by atoms with Crippen LogP contribution in [-0.4, -0.2) is 32.7 Å². The first kappa shape index (κ1) is 18.1. The van der Waals surface area contributed by atoms with Gasteiger partial charge in [-0.3, -0.25) is 4.98 Å². The predicted molar refractivity (Wildman–Crippen MR) is 103 cm³/mol. The molecule has 0 radical (unpaired) electrons. The molecule has 0 aliphatic carbocycles. The van der Waals surface area contributed by atoms with E-state index < -0.39 is 5.97 Å². The molecule has 4 aromatic rings. The maximum atomic E-state index is 12.4. The van der Waals surface area contributed by atoms with Gasteiger partial charge in [0.2, 0.25) is 11.7 Å². The largest absolute Gasteiger partial charge is 0.462 e. The van der Waals surface area contributed by atoms with Gasteiger partial charge in [0.25, 0.3) is 0 Å². The van der Waals surface area contributed by atoms with Crippen molar-refractivity contribution in [3.05, 3.63) is 71.5 Å². The Bertz CT molecular complexity index is 1110. The van der Waals surface area contributed by atoms with E-state index in [4.69, 9.17) is 20.9 Å². The Labute approximate surface area is 165 Å². The monoisotopic (exact) mass is 394 g/mol. The van der Waals surface area contributed by atoms with Crippen molar-refractivity contribution in [3.63, 3.8) is 0 Å². The second-order valence-corrected chi connectivity index (χ2v) is 6.39. The molecule has 7 nitrogen and oxygen atoms in total. The van der Waals surface area contributed by atoms with Crippen LogP contribution in [0.25, 0.3) is 22.3 Å². The van der Waals surface area contributed by atoms with Crippen molar-refractivity contribution in [1.29, 1.82) is 0 Å². The van der Waals surface area contributed by atoms with Crippen LogP contribution in [0.1, 0.15) is 22.7 Å². The molecular weight excluding hydrogens is 380 g/mol. The van der Waals surface area contributed by atoms with Crippen LogP contribution in [0.2, 0.25) is 5.15 Å². The fourth-order valence-electron chi connectivity index (χ4n) is 2.75. The lowest BCUT2D eigenvalue weighted by atomic mass is 10.1. The fraction of sp³-hybridized carbons (Fsp3) is 0.150. The van der Waals surface area contributed by atoms with Gasteiger partial charge in [0.05, 0.1) is 17.7 Å². The number of benzene rings is 1. The molecule has 0 fully saturated rings. The quantitative estimate of drug-likeness (QED) is 0.276. The van der Waals surface area contributed by atoms with Crippen LogP contribution in [0.3, 0.4) is 0 Å². The second kappa shape index (κ2) is 8.14. The summed E-state index contributed by atoms with van der Waals surface area (Å²) in [5, 5.41) is 4.89. The summed E-state index contributed by atoms with van der Waals surface area (Å²) >= 11 is 6.01. The fourth-order valence-corrected chi connectivity index (χ4v) is 2.95. The topological polar surface area (TPSA) is 91.0 Å². The van der Waals surface area contributed by atoms with Crippen LogP contribution < -0.4 is 0 Å². The number of esters is 1. The smallest absolute Gasteiger partial charge is 0.338 e. The molecule has 0 bridgehead atoms. The van der Waals surface area contributed by atoms with Crippen LogP contribution in [0.15, 0.2) is 59.4 Å². The summed E-state index contributed by atoms with van der Waals surface area (Å²) in [4.78, 5) is 25.0. The second-order valence-electron chi connectivity index (χ2n) is 6.00. The number of fused-ring (bicyclic) bond motifs is 1. The number of nitrogens with zero attached hydrogens (tertiary/aromatic N) is 4. The minimum Gasteiger partial charge on any atom is -0.462 e. The summed E-state index contributed by atoms with van der Waals surface area (Å²) in [5.74, 6) is 0.521. The van der Waals surface area contributed by atoms with Gasteiger partial charge in [-0.05, 0) is 30.7 Å². The summed E-state index contributed by atoms with van der Waals surface area (Å²) in [6.07, 6.45) is 4.40. The summed E-state index contributed by atoms with van der Waals surface area (Å²) < 4.78 is 10.6. The Hall–Kier alpha value is -3.32. The van der Waals surface area contributed by atoms with Gasteiger partial charge in [-0.25, -0.2) is 9.78 Å². The Morgan fingerprint density at radius 2 is 2.04 bits per heavy atom. The van der Waals surface area contributed by atoms with Crippen molar-refractivity contribution in [2.24, 2.45) is 0 Å². The highest BCUT2D eigenvalue weighted by molar-refractivity contribution is 6.30. The first-order valence-electron chi connectivity index (χ1n) is 8.66. The third-order valence-electron chi connectivity index (χ3n) is 4.06. The number of pyridine rings is 2. The van der Waals surface area contributed by atoms with Crippen LogP contribution in [0.5, 0.6) is 0 Å². The molecule has 0 saturated carbocycles. The maximum Gasteiger partial charge on any atom is 0.338 e. The lowest BCUT2D eigenvalue weighted by Crippen LogP contribution is -2.08. The minimum absolute atomic E-state index is 0.220. The molecule has 3 heterocycles. The van der Waals surface area contributed by atoms with E-state index in [9.17, 15) is 4.79 Å². The minimum atomic E-state index is -0.443. The van der Waals surface area contributed by atoms with E-state index in [0.717, 1.165) is 5.56 Å². The maximum absolute atomic E-state index is 12.4. The summed E-state index contributed by atoms with van der Waals surface area (Å²) in [6.45, 7) is 0.220. The van der Waals surface area contributed by atoms with Gasteiger partial charge in [-0.15, -0.1) is 0 Å². The Kier molecular flexibility index (Phi) is 5.25. The van der Waals surface area contributed by atoms with E-state index in [-0.39, 0.29) is 11.8 Å². The van der Waals surface area contributed by atoms with Crippen molar-refractivity contribution in [1.82, 2.24) is 20.1 Å². The number of rotatable bonds is 6.